The predicted octanol–water partition coefficient (Wildman–Crippen LogP) is 4.24. The van der Waals surface area contributed by atoms with Crippen molar-refractivity contribution in [2.45, 2.75) is 25.3 Å². The molecule has 27 heavy (non-hydrogen) atoms. The van der Waals surface area contributed by atoms with Crippen LogP contribution in [0.1, 0.15) is 30.1 Å². The van der Waals surface area contributed by atoms with Crippen molar-refractivity contribution in [3.8, 4) is 11.1 Å². The Hall–Kier alpha value is -2.79. The molecule has 0 spiro atoms. The van der Waals surface area contributed by atoms with Crippen LogP contribution in [0.15, 0.2) is 60.8 Å². The van der Waals surface area contributed by atoms with Crippen LogP contribution in [-0.2, 0) is 6.42 Å². The highest BCUT2D eigenvalue weighted by molar-refractivity contribution is 5.66. The zero-order valence-corrected chi connectivity index (χ0v) is 15.2. The van der Waals surface area contributed by atoms with Gasteiger partial charge in [0.05, 0.1) is 11.7 Å². The van der Waals surface area contributed by atoms with Crippen molar-refractivity contribution in [1.82, 2.24) is 14.9 Å². The summed E-state index contributed by atoms with van der Waals surface area (Å²) in [5, 5.41) is 0. The first-order valence-corrected chi connectivity index (χ1v) is 9.37. The minimum absolute atomic E-state index is 0.178. The van der Waals surface area contributed by atoms with Gasteiger partial charge in [-0.2, -0.15) is 0 Å². The smallest absolute Gasteiger partial charge is 0.220 e. The molecule has 138 valence electrons. The number of nitrogens with two attached hydrogens (primary N) is 1. The number of anilines is 1. The summed E-state index contributed by atoms with van der Waals surface area (Å²) in [6.45, 7) is 1.99. The summed E-state index contributed by atoms with van der Waals surface area (Å²) in [6.07, 6.45) is 4.85. The van der Waals surface area contributed by atoms with E-state index >= 15 is 0 Å². The lowest BCUT2D eigenvalue weighted by atomic mass is 9.99. The Morgan fingerprint density at radius 2 is 1.96 bits per heavy atom. The van der Waals surface area contributed by atoms with Gasteiger partial charge in [0.25, 0.3) is 0 Å². The predicted molar refractivity (Wildman–Crippen MR) is 106 cm³/mol. The van der Waals surface area contributed by atoms with Crippen LogP contribution in [0.25, 0.3) is 11.1 Å². The fourth-order valence-electron chi connectivity index (χ4n) is 3.86. The molecule has 0 radical (unpaired) electrons. The zero-order valence-electron chi connectivity index (χ0n) is 15.2. The number of benzene rings is 2. The van der Waals surface area contributed by atoms with Gasteiger partial charge in [0.1, 0.15) is 5.82 Å². The van der Waals surface area contributed by atoms with Gasteiger partial charge in [-0.3, -0.25) is 4.90 Å². The molecule has 4 nitrogen and oxygen atoms in total. The average molecular weight is 362 g/mol. The zero-order chi connectivity index (χ0) is 18.6. The van der Waals surface area contributed by atoms with Gasteiger partial charge >= 0.3 is 0 Å². The van der Waals surface area contributed by atoms with E-state index in [-0.39, 0.29) is 17.8 Å². The topological polar surface area (TPSA) is 55.0 Å². The van der Waals surface area contributed by atoms with Gasteiger partial charge in [-0.05, 0) is 49.1 Å². The third-order valence-corrected chi connectivity index (χ3v) is 5.18. The maximum Gasteiger partial charge on any atom is 0.220 e. The second kappa shape index (κ2) is 7.84. The molecule has 2 heterocycles. The molecule has 1 fully saturated rings. The molecule has 0 aliphatic carbocycles. The maximum atomic E-state index is 13.8. The molecule has 0 amide bonds. The monoisotopic (exact) mass is 362 g/mol. The van der Waals surface area contributed by atoms with Gasteiger partial charge in [0.2, 0.25) is 5.95 Å². The molecule has 0 saturated carbocycles. The molecule has 1 aliphatic rings. The molecule has 4 rings (SSSR count). The minimum Gasteiger partial charge on any atom is -0.368 e. The van der Waals surface area contributed by atoms with E-state index in [2.05, 4.69) is 39.1 Å². The molecule has 1 saturated heterocycles. The van der Waals surface area contributed by atoms with Crippen LogP contribution in [0.3, 0.4) is 0 Å². The summed E-state index contributed by atoms with van der Waals surface area (Å²) in [4.78, 5) is 11.2. The first kappa shape index (κ1) is 17.6. The highest BCUT2D eigenvalue weighted by Crippen LogP contribution is 2.36. The van der Waals surface area contributed by atoms with E-state index in [1.54, 1.807) is 12.3 Å². The highest BCUT2D eigenvalue weighted by Gasteiger charge is 2.29. The summed E-state index contributed by atoms with van der Waals surface area (Å²) in [6, 6.07) is 17.3. The maximum absolute atomic E-state index is 13.8. The van der Waals surface area contributed by atoms with E-state index in [0.717, 1.165) is 49.2 Å². The molecule has 2 aromatic carbocycles. The summed E-state index contributed by atoms with van der Waals surface area (Å²) >= 11 is 0. The molecule has 0 bridgehead atoms. The van der Waals surface area contributed by atoms with Crippen molar-refractivity contribution in [3.63, 3.8) is 0 Å². The Kier molecular flexibility index (Phi) is 5.12. The van der Waals surface area contributed by atoms with Gasteiger partial charge in [0, 0.05) is 18.3 Å². The number of hydrogen-bond acceptors (Lipinski definition) is 4. The molecule has 0 unspecified atom stereocenters. The second-order valence-corrected chi connectivity index (χ2v) is 6.97. The van der Waals surface area contributed by atoms with Crippen molar-refractivity contribution in [1.29, 1.82) is 0 Å². The van der Waals surface area contributed by atoms with Crippen LogP contribution < -0.4 is 5.73 Å². The van der Waals surface area contributed by atoms with E-state index in [1.807, 2.05) is 12.1 Å². The Morgan fingerprint density at radius 3 is 2.78 bits per heavy atom. The van der Waals surface area contributed by atoms with Crippen molar-refractivity contribution in [2.24, 2.45) is 0 Å². The molecule has 1 aromatic heterocycles. The molecule has 3 aromatic rings. The van der Waals surface area contributed by atoms with Crippen LogP contribution in [-0.4, -0.2) is 28.0 Å². The normalized spacial score (nSPS) is 17.3. The second-order valence-electron chi connectivity index (χ2n) is 6.97. The van der Waals surface area contributed by atoms with E-state index in [1.165, 1.54) is 17.7 Å². The standard InChI is InChI=1S/C22H23FN4/c23-18-9-4-8-17(14-18)19-15-25-22(24)26-21(19)20-10-5-12-27(20)13-11-16-6-2-1-3-7-16/h1-4,6-9,14-15,20H,5,10-13H2,(H2,24,25,26)/t20-/m0/s1. The van der Waals surface area contributed by atoms with Crippen LogP contribution >= 0.6 is 0 Å². The van der Waals surface area contributed by atoms with E-state index in [9.17, 15) is 4.39 Å². The largest absolute Gasteiger partial charge is 0.368 e. The number of likely N-dealkylation sites (tertiary alicyclic amines) is 1. The van der Waals surface area contributed by atoms with Crippen molar-refractivity contribution in [3.05, 3.63) is 77.9 Å². The highest BCUT2D eigenvalue weighted by atomic mass is 19.1. The number of halogens is 1. The molecular formula is C22H23FN4. The Bertz CT molecular complexity index is 913. The third-order valence-electron chi connectivity index (χ3n) is 5.18. The van der Waals surface area contributed by atoms with Gasteiger partial charge in [-0.15, -0.1) is 0 Å². The first-order chi connectivity index (χ1) is 13.2. The van der Waals surface area contributed by atoms with E-state index in [4.69, 9.17) is 5.73 Å². The van der Waals surface area contributed by atoms with Crippen LogP contribution in [0.2, 0.25) is 0 Å². The molecule has 1 atom stereocenters. The van der Waals surface area contributed by atoms with Crippen LogP contribution in [0, 0.1) is 5.82 Å². The van der Waals surface area contributed by atoms with Crippen molar-refractivity contribution >= 4 is 5.95 Å². The van der Waals surface area contributed by atoms with E-state index in [0.29, 0.717) is 0 Å². The van der Waals surface area contributed by atoms with Crippen LogP contribution in [0.5, 0.6) is 0 Å². The summed E-state index contributed by atoms with van der Waals surface area (Å²) in [5.74, 6) is 0.00249. The van der Waals surface area contributed by atoms with Crippen molar-refractivity contribution in [2.75, 3.05) is 18.8 Å². The molecule has 2 N–H and O–H groups in total. The molecule has 5 heteroatoms. The Balaban J connectivity index is 1.62. The van der Waals surface area contributed by atoms with Gasteiger partial charge in [-0.25, -0.2) is 14.4 Å². The number of rotatable bonds is 5. The van der Waals surface area contributed by atoms with Crippen molar-refractivity contribution < 1.29 is 4.39 Å². The summed E-state index contributed by atoms with van der Waals surface area (Å²) in [7, 11) is 0. The Labute approximate surface area is 158 Å². The lowest BCUT2D eigenvalue weighted by Crippen LogP contribution is -2.27. The first-order valence-electron chi connectivity index (χ1n) is 9.37. The quantitative estimate of drug-likeness (QED) is 0.737. The average Bonchev–Trinajstić information content (AvgIpc) is 3.15. The fourth-order valence-corrected chi connectivity index (χ4v) is 3.86. The number of nitrogens with zero attached hydrogens (tertiary/aromatic N) is 3. The van der Waals surface area contributed by atoms with Gasteiger partial charge < -0.3 is 5.73 Å². The minimum atomic E-state index is -0.261. The molecule has 1 aliphatic heterocycles. The van der Waals surface area contributed by atoms with Crippen LogP contribution in [0.4, 0.5) is 10.3 Å². The lowest BCUT2D eigenvalue weighted by Gasteiger charge is -2.26. The third kappa shape index (κ3) is 3.98. The molecular weight excluding hydrogens is 339 g/mol. The SMILES string of the molecule is Nc1ncc(-c2cccc(F)c2)c([C@@H]2CCCN2CCc2ccccc2)n1. The van der Waals surface area contributed by atoms with Gasteiger partial charge in [0.15, 0.2) is 0 Å². The summed E-state index contributed by atoms with van der Waals surface area (Å²) in [5.41, 5.74) is 9.78. The number of nitrogen functional groups attached to an aromatic ring is 1. The number of hydrogen-bond donors (Lipinski definition) is 1. The Morgan fingerprint density at radius 1 is 1.11 bits per heavy atom. The summed E-state index contributed by atoms with van der Waals surface area (Å²) < 4.78 is 13.8. The van der Waals surface area contributed by atoms with E-state index < -0.39 is 0 Å². The van der Waals surface area contributed by atoms with Gasteiger partial charge in [-0.1, -0.05) is 42.5 Å². The fraction of sp³-hybridized carbons (Fsp3) is 0.273. The lowest BCUT2D eigenvalue weighted by molar-refractivity contribution is 0.257. The number of aromatic nitrogens is 2.